The topological polar surface area (TPSA) is 101 Å². The van der Waals surface area contributed by atoms with Crippen molar-refractivity contribution in [3.8, 4) is 29.4 Å². The standard InChI is InChI=1S/C32H37N3O3S2/c1-6-36-23-11-13-24(14-12-23)39-31-29(37-17-15-21(2)3)25(19-33)26(20-34)30(38-18-16-22(4)5)32(31)40-28-10-8-7-9-27(28)35/h7-14,21-22H,6,15-18,35H2,1-5H3. The van der Waals surface area contributed by atoms with Crippen LogP contribution in [0.1, 0.15) is 58.6 Å². The predicted molar refractivity (Wildman–Crippen MR) is 162 cm³/mol. The summed E-state index contributed by atoms with van der Waals surface area (Å²) in [4.78, 5) is 3.18. The van der Waals surface area contributed by atoms with Crippen molar-refractivity contribution in [2.24, 2.45) is 11.8 Å². The lowest BCUT2D eigenvalue weighted by Crippen LogP contribution is -2.09. The molecule has 8 heteroatoms. The van der Waals surface area contributed by atoms with Gasteiger partial charge in [0.05, 0.1) is 29.6 Å². The van der Waals surface area contributed by atoms with Crippen LogP contribution in [0.3, 0.4) is 0 Å². The second-order valence-corrected chi connectivity index (χ2v) is 12.1. The first kappa shape index (κ1) is 31.1. The van der Waals surface area contributed by atoms with Gasteiger partial charge in [0.25, 0.3) is 0 Å². The zero-order chi connectivity index (χ0) is 29.1. The number of benzene rings is 3. The Bertz CT molecular complexity index is 1360. The Kier molecular flexibility index (Phi) is 11.9. The summed E-state index contributed by atoms with van der Waals surface area (Å²) in [7, 11) is 0. The molecule has 0 aliphatic rings. The zero-order valence-corrected chi connectivity index (χ0v) is 25.5. The highest BCUT2D eigenvalue weighted by Crippen LogP contribution is 2.53. The van der Waals surface area contributed by atoms with Gasteiger partial charge in [-0.25, -0.2) is 0 Å². The molecule has 0 fully saturated rings. The molecule has 0 aromatic heterocycles. The summed E-state index contributed by atoms with van der Waals surface area (Å²) in [6.07, 6.45) is 1.61. The maximum Gasteiger partial charge on any atom is 0.153 e. The van der Waals surface area contributed by atoms with Gasteiger partial charge >= 0.3 is 0 Å². The van der Waals surface area contributed by atoms with E-state index in [4.69, 9.17) is 19.9 Å². The second kappa shape index (κ2) is 15.4. The van der Waals surface area contributed by atoms with Crippen molar-refractivity contribution in [3.05, 3.63) is 59.7 Å². The van der Waals surface area contributed by atoms with Gasteiger partial charge < -0.3 is 19.9 Å². The summed E-state index contributed by atoms with van der Waals surface area (Å²) >= 11 is 2.89. The Morgan fingerprint density at radius 1 is 0.750 bits per heavy atom. The first-order chi connectivity index (χ1) is 19.3. The lowest BCUT2D eigenvalue weighted by molar-refractivity contribution is 0.269. The summed E-state index contributed by atoms with van der Waals surface area (Å²) in [6, 6.07) is 19.9. The molecule has 0 saturated carbocycles. The third-order valence-electron chi connectivity index (χ3n) is 5.92. The molecule has 40 heavy (non-hydrogen) atoms. The Labute approximate surface area is 246 Å². The highest BCUT2D eigenvalue weighted by Gasteiger charge is 2.29. The number of anilines is 1. The highest BCUT2D eigenvalue weighted by molar-refractivity contribution is 8.02. The van der Waals surface area contributed by atoms with Crippen LogP contribution in [0.2, 0.25) is 0 Å². The summed E-state index contributed by atoms with van der Waals surface area (Å²) in [5.74, 6) is 2.39. The fourth-order valence-corrected chi connectivity index (χ4v) is 5.89. The van der Waals surface area contributed by atoms with E-state index >= 15 is 0 Å². The van der Waals surface area contributed by atoms with Gasteiger partial charge in [0, 0.05) is 15.5 Å². The Hall–Kier alpha value is -3.46. The van der Waals surface area contributed by atoms with Crippen molar-refractivity contribution in [2.75, 3.05) is 25.6 Å². The summed E-state index contributed by atoms with van der Waals surface area (Å²) in [5, 5.41) is 20.6. The van der Waals surface area contributed by atoms with Gasteiger partial charge in [0.15, 0.2) is 11.5 Å². The molecule has 0 radical (unpaired) electrons. The number of nitrogens with two attached hydrogens (primary N) is 1. The van der Waals surface area contributed by atoms with Crippen molar-refractivity contribution in [1.82, 2.24) is 0 Å². The molecule has 210 valence electrons. The van der Waals surface area contributed by atoms with Crippen molar-refractivity contribution >= 4 is 29.2 Å². The number of nitriles is 2. The SMILES string of the molecule is CCOc1ccc(Sc2c(OCCC(C)C)c(C#N)c(C#N)c(OCCC(C)C)c2Sc2ccccc2N)cc1. The first-order valence-corrected chi connectivity index (χ1v) is 15.1. The fraction of sp³-hybridized carbons (Fsp3) is 0.375. The predicted octanol–water partition coefficient (Wildman–Crippen LogP) is 8.56. The smallest absolute Gasteiger partial charge is 0.153 e. The van der Waals surface area contributed by atoms with Crippen LogP contribution in [0, 0.1) is 34.5 Å². The van der Waals surface area contributed by atoms with Gasteiger partial charge in [-0.1, -0.05) is 63.4 Å². The third-order valence-corrected chi connectivity index (χ3v) is 8.33. The van der Waals surface area contributed by atoms with Crippen LogP contribution in [0.4, 0.5) is 5.69 Å². The first-order valence-electron chi connectivity index (χ1n) is 13.5. The molecule has 0 saturated heterocycles. The number of nitrogen functional groups attached to an aromatic ring is 1. The molecular weight excluding hydrogens is 539 g/mol. The normalized spacial score (nSPS) is 10.8. The van der Waals surface area contributed by atoms with Crippen LogP contribution in [0.15, 0.2) is 68.1 Å². The quantitative estimate of drug-likeness (QED) is 0.191. The van der Waals surface area contributed by atoms with Crippen LogP contribution in [0.25, 0.3) is 0 Å². The molecule has 0 amide bonds. The molecule has 0 bridgehead atoms. The number of nitrogens with zero attached hydrogens (tertiary/aromatic N) is 2. The Morgan fingerprint density at radius 2 is 1.27 bits per heavy atom. The van der Waals surface area contributed by atoms with Crippen LogP contribution in [-0.4, -0.2) is 19.8 Å². The van der Waals surface area contributed by atoms with Crippen LogP contribution in [-0.2, 0) is 0 Å². The molecular formula is C32H37N3O3S2. The van der Waals surface area contributed by atoms with Gasteiger partial charge in [-0.15, -0.1) is 0 Å². The fourth-order valence-electron chi connectivity index (χ4n) is 3.70. The molecule has 0 aliphatic carbocycles. The minimum absolute atomic E-state index is 0.179. The summed E-state index contributed by atoms with van der Waals surface area (Å²) in [6.45, 7) is 11.8. The largest absolute Gasteiger partial charge is 0.494 e. The van der Waals surface area contributed by atoms with E-state index in [0.29, 0.717) is 53.7 Å². The van der Waals surface area contributed by atoms with Gasteiger partial charge in [0.2, 0.25) is 0 Å². The maximum absolute atomic E-state index is 10.3. The van der Waals surface area contributed by atoms with E-state index < -0.39 is 0 Å². The van der Waals surface area contributed by atoms with Crippen molar-refractivity contribution in [3.63, 3.8) is 0 Å². The van der Waals surface area contributed by atoms with Crippen molar-refractivity contribution in [2.45, 2.75) is 67.0 Å². The Morgan fingerprint density at radius 3 is 1.75 bits per heavy atom. The number of hydrogen-bond donors (Lipinski definition) is 1. The Balaban J connectivity index is 2.27. The van der Waals surface area contributed by atoms with E-state index in [-0.39, 0.29) is 11.1 Å². The highest BCUT2D eigenvalue weighted by atomic mass is 32.2. The van der Waals surface area contributed by atoms with Crippen LogP contribution < -0.4 is 19.9 Å². The van der Waals surface area contributed by atoms with Crippen molar-refractivity contribution in [1.29, 1.82) is 10.5 Å². The minimum atomic E-state index is 0.179. The van der Waals surface area contributed by atoms with Crippen molar-refractivity contribution < 1.29 is 14.2 Å². The lowest BCUT2D eigenvalue weighted by atomic mass is 10.1. The van der Waals surface area contributed by atoms with Gasteiger partial charge in [-0.05, 0) is 68.0 Å². The maximum atomic E-state index is 10.3. The zero-order valence-electron chi connectivity index (χ0n) is 23.8. The monoisotopic (exact) mass is 575 g/mol. The molecule has 6 nitrogen and oxygen atoms in total. The molecule has 0 aliphatic heterocycles. The molecule has 0 spiro atoms. The molecule has 0 atom stereocenters. The van der Waals surface area contributed by atoms with E-state index in [2.05, 4.69) is 39.8 Å². The van der Waals surface area contributed by atoms with Gasteiger partial charge in [-0.2, -0.15) is 10.5 Å². The molecule has 3 rings (SSSR count). The van der Waals surface area contributed by atoms with E-state index in [1.54, 1.807) is 0 Å². The van der Waals surface area contributed by atoms with Gasteiger partial charge in [-0.3, -0.25) is 0 Å². The average Bonchev–Trinajstić information content (AvgIpc) is 2.92. The van der Waals surface area contributed by atoms with E-state index in [9.17, 15) is 10.5 Å². The number of para-hydroxylation sites is 1. The molecule has 2 N–H and O–H groups in total. The summed E-state index contributed by atoms with van der Waals surface area (Å²) in [5.41, 5.74) is 7.33. The number of hydrogen-bond acceptors (Lipinski definition) is 8. The minimum Gasteiger partial charge on any atom is -0.494 e. The van der Waals surface area contributed by atoms with Crippen LogP contribution >= 0.6 is 23.5 Å². The molecule has 3 aromatic carbocycles. The second-order valence-electron chi connectivity index (χ2n) is 10.00. The molecule has 0 unspecified atom stereocenters. The lowest BCUT2D eigenvalue weighted by Gasteiger charge is -2.22. The average molecular weight is 576 g/mol. The van der Waals surface area contributed by atoms with E-state index in [0.717, 1.165) is 33.3 Å². The summed E-state index contributed by atoms with van der Waals surface area (Å²) < 4.78 is 18.3. The number of rotatable bonds is 14. The van der Waals surface area contributed by atoms with E-state index in [1.165, 1.54) is 23.5 Å². The molecule has 0 heterocycles. The third kappa shape index (κ3) is 8.27. The van der Waals surface area contributed by atoms with Crippen LogP contribution in [0.5, 0.6) is 17.2 Å². The number of ether oxygens (including phenoxy) is 3. The molecule has 3 aromatic rings. The van der Waals surface area contributed by atoms with Gasteiger partial charge in [0.1, 0.15) is 29.0 Å². The van der Waals surface area contributed by atoms with E-state index in [1.807, 2.05) is 55.5 Å².